The number of rotatable bonds is 5. The van der Waals surface area contributed by atoms with E-state index in [4.69, 9.17) is 0 Å². The van der Waals surface area contributed by atoms with Crippen LogP contribution in [0.3, 0.4) is 0 Å². The number of halogens is 3. The van der Waals surface area contributed by atoms with Gasteiger partial charge in [0.2, 0.25) is 0 Å². The van der Waals surface area contributed by atoms with E-state index in [1.165, 1.54) is 6.07 Å². The van der Waals surface area contributed by atoms with Gasteiger partial charge in [-0.3, -0.25) is 15.1 Å². The van der Waals surface area contributed by atoms with Crippen molar-refractivity contribution in [1.82, 2.24) is 25.3 Å². The molecule has 3 N–H and O–H groups in total. The van der Waals surface area contributed by atoms with E-state index in [1.54, 1.807) is 6.92 Å². The summed E-state index contributed by atoms with van der Waals surface area (Å²) in [6.07, 6.45) is -2.68. The van der Waals surface area contributed by atoms with E-state index in [0.717, 1.165) is 17.6 Å². The predicted molar refractivity (Wildman–Crippen MR) is 76.9 cm³/mol. The van der Waals surface area contributed by atoms with Crippen molar-refractivity contribution in [2.45, 2.75) is 39.0 Å². The van der Waals surface area contributed by atoms with Gasteiger partial charge < -0.3 is 5.32 Å². The Morgan fingerprint density at radius 1 is 1.48 bits per heavy atom. The molecule has 0 aliphatic heterocycles. The number of nitrogens with one attached hydrogen (secondary N) is 3. The van der Waals surface area contributed by atoms with Crippen molar-refractivity contribution in [1.29, 1.82) is 0 Å². The molecule has 1 atom stereocenters. The van der Waals surface area contributed by atoms with Gasteiger partial charge >= 0.3 is 12.2 Å². The van der Waals surface area contributed by atoms with Crippen LogP contribution >= 0.6 is 0 Å². The fourth-order valence-corrected chi connectivity index (χ4v) is 2.02. The number of H-pyrrole nitrogens is 1. The van der Waals surface area contributed by atoms with Crippen LogP contribution < -0.4 is 10.6 Å². The van der Waals surface area contributed by atoms with Crippen molar-refractivity contribution in [3.8, 4) is 0 Å². The molecule has 10 heteroatoms. The van der Waals surface area contributed by atoms with Gasteiger partial charge in [-0.2, -0.15) is 23.4 Å². The summed E-state index contributed by atoms with van der Waals surface area (Å²) in [5, 5.41) is 15.6. The zero-order valence-electron chi connectivity index (χ0n) is 12.6. The van der Waals surface area contributed by atoms with Crippen molar-refractivity contribution in [2.24, 2.45) is 0 Å². The highest BCUT2D eigenvalue weighted by molar-refractivity contribution is 5.88. The number of amides is 2. The number of carbonyl (C=O) groups is 1. The Bertz CT molecular complexity index is 663. The molecule has 0 spiro atoms. The Morgan fingerprint density at radius 2 is 2.22 bits per heavy atom. The summed E-state index contributed by atoms with van der Waals surface area (Å²) < 4.78 is 37.4. The van der Waals surface area contributed by atoms with Crippen molar-refractivity contribution in [3.05, 3.63) is 29.7 Å². The maximum Gasteiger partial charge on any atom is 0.408 e. The van der Waals surface area contributed by atoms with E-state index in [-0.39, 0.29) is 11.9 Å². The van der Waals surface area contributed by atoms with Gasteiger partial charge in [-0.05, 0) is 19.9 Å². The minimum atomic E-state index is -4.36. The van der Waals surface area contributed by atoms with Crippen LogP contribution in [-0.4, -0.2) is 38.2 Å². The lowest BCUT2D eigenvalue weighted by atomic mass is 10.2. The largest absolute Gasteiger partial charge is 0.408 e. The first-order valence-electron chi connectivity index (χ1n) is 6.90. The molecule has 0 aliphatic carbocycles. The Kier molecular flexibility index (Phi) is 4.92. The lowest BCUT2D eigenvalue weighted by molar-refractivity contribution is -0.142. The number of nitrogens with zero attached hydrogens (tertiary/aromatic N) is 3. The Balaban J connectivity index is 1.82. The summed E-state index contributed by atoms with van der Waals surface area (Å²) in [7, 11) is 0. The van der Waals surface area contributed by atoms with Crippen molar-refractivity contribution in [2.75, 3.05) is 5.32 Å². The second-order valence-electron chi connectivity index (χ2n) is 5.26. The average Bonchev–Trinajstić information content (AvgIpc) is 2.96. The van der Waals surface area contributed by atoms with Gasteiger partial charge in [-0.1, -0.05) is 0 Å². The smallest absolute Gasteiger partial charge is 0.335 e. The minimum absolute atomic E-state index is 0.0505. The molecule has 23 heavy (non-hydrogen) atoms. The van der Waals surface area contributed by atoms with Gasteiger partial charge in [0, 0.05) is 30.4 Å². The summed E-state index contributed by atoms with van der Waals surface area (Å²) in [5.74, 6) is 0.0505. The molecule has 0 fully saturated rings. The van der Waals surface area contributed by atoms with Crippen LogP contribution in [0.4, 0.5) is 23.8 Å². The molecule has 0 aromatic carbocycles. The molecule has 0 bridgehead atoms. The highest BCUT2D eigenvalue weighted by Gasteiger charge is 2.28. The molecular weight excluding hydrogens is 313 g/mol. The first-order chi connectivity index (χ1) is 10.7. The summed E-state index contributed by atoms with van der Waals surface area (Å²) in [6.45, 7) is 2.47. The molecule has 2 amide bonds. The number of urea groups is 1. The number of carbonyl (C=O) groups excluding carboxylic acids is 1. The lowest BCUT2D eigenvalue weighted by Crippen LogP contribution is -2.37. The minimum Gasteiger partial charge on any atom is -0.335 e. The van der Waals surface area contributed by atoms with Crippen LogP contribution in [0, 0.1) is 6.92 Å². The highest BCUT2D eigenvalue weighted by atomic mass is 19.4. The van der Waals surface area contributed by atoms with Gasteiger partial charge in [0.15, 0.2) is 5.82 Å². The summed E-state index contributed by atoms with van der Waals surface area (Å²) in [6, 6.07) is 2.43. The molecule has 2 rings (SSSR count). The molecule has 0 aliphatic rings. The van der Waals surface area contributed by atoms with Crippen molar-refractivity contribution >= 4 is 11.8 Å². The van der Waals surface area contributed by atoms with E-state index in [9.17, 15) is 18.0 Å². The zero-order chi connectivity index (χ0) is 17.0. The molecule has 2 heterocycles. The van der Waals surface area contributed by atoms with Crippen molar-refractivity contribution in [3.63, 3.8) is 0 Å². The molecule has 2 aromatic rings. The molecular formula is C13H17F3N6O. The third-order valence-electron chi connectivity index (χ3n) is 2.88. The SMILES string of the molecule is Cc1cc(C[C@H](C)NC(=O)Nc2ccn(CC(F)(F)F)n2)n[nH]1. The van der Waals surface area contributed by atoms with Gasteiger partial charge in [-0.25, -0.2) is 4.79 Å². The fourth-order valence-electron chi connectivity index (χ4n) is 2.02. The first-order valence-corrected chi connectivity index (χ1v) is 6.90. The monoisotopic (exact) mass is 330 g/mol. The number of hydrogen-bond acceptors (Lipinski definition) is 3. The van der Waals surface area contributed by atoms with Crippen LogP contribution in [0.2, 0.25) is 0 Å². The fraction of sp³-hybridized carbons (Fsp3) is 0.462. The van der Waals surface area contributed by atoms with Crippen LogP contribution in [0.5, 0.6) is 0 Å². The van der Waals surface area contributed by atoms with Crippen LogP contribution in [0.1, 0.15) is 18.3 Å². The van der Waals surface area contributed by atoms with E-state index >= 15 is 0 Å². The van der Waals surface area contributed by atoms with Crippen LogP contribution in [-0.2, 0) is 13.0 Å². The maximum atomic E-state index is 12.2. The van der Waals surface area contributed by atoms with E-state index in [0.29, 0.717) is 11.1 Å². The Morgan fingerprint density at radius 3 is 2.83 bits per heavy atom. The average molecular weight is 330 g/mol. The topological polar surface area (TPSA) is 87.6 Å². The Hall–Kier alpha value is -2.52. The molecule has 7 nitrogen and oxygen atoms in total. The molecule has 126 valence electrons. The second-order valence-corrected chi connectivity index (χ2v) is 5.26. The van der Waals surface area contributed by atoms with E-state index in [2.05, 4.69) is 25.9 Å². The van der Waals surface area contributed by atoms with Crippen molar-refractivity contribution < 1.29 is 18.0 Å². The van der Waals surface area contributed by atoms with Crippen LogP contribution in [0.15, 0.2) is 18.3 Å². The third-order valence-corrected chi connectivity index (χ3v) is 2.88. The van der Waals surface area contributed by atoms with Gasteiger partial charge in [-0.15, -0.1) is 0 Å². The van der Waals surface area contributed by atoms with Gasteiger partial charge in [0.1, 0.15) is 6.54 Å². The Labute approximate surface area is 130 Å². The quantitative estimate of drug-likeness (QED) is 0.785. The lowest BCUT2D eigenvalue weighted by Gasteiger charge is -2.12. The summed E-state index contributed by atoms with van der Waals surface area (Å²) in [5.41, 5.74) is 1.73. The van der Waals surface area contributed by atoms with E-state index < -0.39 is 18.8 Å². The number of aryl methyl sites for hydroxylation is 1. The molecule has 0 unspecified atom stereocenters. The number of alkyl halides is 3. The zero-order valence-corrected chi connectivity index (χ0v) is 12.6. The number of aromatic amines is 1. The first kappa shape index (κ1) is 16.8. The van der Waals surface area contributed by atoms with Crippen LogP contribution in [0.25, 0.3) is 0 Å². The highest BCUT2D eigenvalue weighted by Crippen LogP contribution is 2.17. The molecule has 0 saturated heterocycles. The molecule has 0 saturated carbocycles. The normalized spacial score (nSPS) is 12.9. The van der Waals surface area contributed by atoms with E-state index in [1.807, 2.05) is 13.0 Å². The molecule has 0 radical (unpaired) electrons. The molecule has 2 aromatic heterocycles. The van der Waals surface area contributed by atoms with Gasteiger partial charge in [0.25, 0.3) is 0 Å². The summed E-state index contributed by atoms with van der Waals surface area (Å²) in [4.78, 5) is 11.8. The van der Waals surface area contributed by atoms with Gasteiger partial charge in [0.05, 0.1) is 5.69 Å². The predicted octanol–water partition coefficient (Wildman–Crippen LogP) is 2.23. The standard InChI is InChI=1S/C13H17F3N6O/c1-8(5-10-6-9(2)19-20-10)17-12(23)18-11-3-4-22(21-11)7-13(14,15)16/h3-4,6,8H,5,7H2,1-2H3,(H,19,20)(H2,17,18,21,23)/t8-/m0/s1. The second kappa shape index (κ2) is 6.71. The number of hydrogen-bond donors (Lipinski definition) is 3. The maximum absolute atomic E-state index is 12.2. The third kappa shape index (κ3) is 5.64. The number of aromatic nitrogens is 4. The number of anilines is 1. The summed E-state index contributed by atoms with van der Waals surface area (Å²) >= 11 is 0.